The number of benzene rings is 1. The Balaban J connectivity index is 2.42. The van der Waals surface area contributed by atoms with Gasteiger partial charge in [0.05, 0.1) is 13.5 Å². The molecule has 19 heavy (non-hydrogen) atoms. The molecule has 0 aliphatic carbocycles. The Labute approximate surface area is 113 Å². The molecule has 0 N–H and O–H groups in total. The van der Waals surface area contributed by atoms with Crippen LogP contribution < -0.4 is 0 Å². The number of rotatable bonds is 5. The fourth-order valence-corrected chi connectivity index (χ4v) is 1.46. The third-order valence-electron chi connectivity index (χ3n) is 2.84. The van der Waals surface area contributed by atoms with Gasteiger partial charge in [-0.25, -0.2) is 4.79 Å². The molecule has 1 aromatic carbocycles. The summed E-state index contributed by atoms with van der Waals surface area (Å²) in [6, 6.07) is 9.15. The van der Waals surface area contributed by atoms with Gasteiger partial charge in [0, 0.05) is 13.1 Å². The number of methoxy groups -OCH3 is 1. The molecule has 0 aliphatic heterocycles. The molecule has 0 aliphatic rings. The molecule has 1 unspecified atom stereocenters. The van der Waals surface area contributed by atoms with Crippen LogP contribution in [0.15, 0.2) is 30.3 Å². The molecular weight excluding hydrogens is 246 g/mol. The smallest absolute Gasteiger partial charge is 0.410 e. The minimum absolute atomic E-state index is 0.146. The summed E-state index contributed by atoms with van der Waals surface area (Å²) in [7, 11) is 2.92. The summed E-state index contributed by atoms with van der Waals surface area (Å²) in [6.45, 7) is 1.98. The number of hydrogen-bond acceptors (Lipinski definition) is 4. The van der Waals surface area contributed by atoms with Crippen LogP contribution in [0.25, 0.3) is 0 Å². The topological polar surface area (TPSA) is 55.8 Å². The second kappa shape index (κ2) is 7.41. The monoisotopic (exact) mass is 265 g/mol. The number of esters is 1. The zero-order chi connectivity index (χ0) is 14.3. The maximum absolute atomic E-state index is 11.8. The number of carbonyl (C=O) groups is 2. The molecule has 0 saturated heterocycles. The van der Waals surface area contributed by atoms with Crippen molar-refractivity contribution >= 4 is 12.1 Å². The first-order chi connectivity index (χ1) is 9.04. The van der Waals surface area contributed by atoms with Crippen LogP contribution in [-0.4, -0.2) is 37.2 Å². The summed E-state index contributed by atoms with van der Waals surface area (Å²) < 4.78 is 9.72. The van der Waals surface area contributed by atoms with Gasteiger partial charge < -0.3 is 14.4 Å². The minimum atomic E-state index is -0.458. The zero-order valence-electron chi connectivity index (χ0n) is 11.5. The Morgan fingerprint density at radius 2 is 1.89 bits per heavy atom. The molecule has 0 fully saturated rings. The van der Waals surface area contributed by atoms with Gasteiger partial charge in [0.2, 0.25) is 0 Å². The van der Waals surface area contributed by atoms with E-state index < -0.39 is 6.09 Å². The number of carbonyl (C=O) groups excluding carboxylic acids is 2. The zero-order valence-corrected chi connectivity index (χ0v) is 11.5. The molecule has 1 atom stereocenters. The fraction of sp³-hybridized carbons (Fsp3) is 0.429. The summed E-state index contributed by atoms with van der Waals surface area (Å²) in [5.41, 5.74) is 0.921. The van der Waals surface area contributed by atoms with Gasteiger partial charge in [-0.05, 0) is 12.5 Å². The Morgan fingerprint density at radius 1 is 1.26 bits per heavy atom. The van der Waals surface area contributed by atoms with Crippen LogP contribution in [0, 0.1) is 0 Å². The summed E-state index contributed by atoms with van der Waals surface area (Å²) in [4.78, 5) is 24.3. The lowest BCUT2D eigenvalue weighted by Crippen LogP contribution is -2.37. The van der Waals surface area contributed by atoms with Crippen molar-refractivity contribution in [2.75, 3.05) is 14.2 Å². The van der Waals surface area contributed by atoms with Crippen molar-refractivity contribution in [1.29, 1.82) is 0 Å². The predicted molar refractivity (Wildman–Crippen MR) is 70.5 cm³/mol. The summed E-state index contributed by atoms with van der Waals surface area (Å²) in [5.74, 6) is -0.352. The van der Waals surface area contributed by atoms with E-state index in [0.717, 1.165) is 5.56 Å². The molecule has 0 saturated carbocycles. The van der Waals surface area contributed by atoms with Crippen LogP contribution in [0.1, 0.15) is 18.9 Å². The first kappa shape index (κ1) is 15.0. The van der Waals surface area contributed by atoms with E-state index in [0.29, 0.717) is 0 Å². The molecule has 0 aromatic heterocycles. The van der Waals surface area contributed by atoms with Crippen LogP contribution in [0.2, 0.25) is 0 Å². The van der Waals surface area contributed by atoms with E-state index in [9.17, 15) is 9.59 Å². The van der Waals surface area contributed by atoms with Crippen LogP contribution in [0.5, 0.6) is 0 Å². The van der Waals surface area contributed by atoms with Crippen molar-refractivity contribution < 1.29 is 19.1 Å². The fourth-order valence-electron chi connectivity index (χ4n) is 1.46. The summed E-state index contributed by atoms with van der Waals surface area (Å²) >= 11 is 0. The average Bonchev–Trinajstić information content (AvgIpc) is 2.44. The maximum atomic E-state index is 11.8. The molecule has 5 heteroatoms. The van der Waals surface area contributed by atoms with Crippen molar-refractivity contribution in [3.05, 3.63) is 35.9 Å². The van der Waals surface area contributed by atoms with E-state index in [1.807, 2.05) is 30.3 Å². The Bertz CT molecular complexity index is 419. The second-order valence-corrected chi connectivity index (χ2v) is 4.28. The quantitative estimate of drug-likeness (QED) is 0.766. The SMILES string of the molecule is COC(=O)CC(C)N(C)C(=O)OCc1ccccc1. The van der Waals surface area contributed by atoms with E-state index in [1.165, 1.54) is 12.0 Å². The third kappa shape index (κ3) is 4.99. The molecule has 1 aromatic rings. The van der Waals surface area contributed by atoms with E-state index in [2.05, 4.69) is 4.74 Å². The van der Waals surface area contributed by atoms with Gasteiger partial charge in [-0.3, -0.25) is 4.79 Å². The molecule has 5 nitrogen and oxygen atoms in total. The molecule has 1 amide bonds. The highest BCUT2D eigenvalue weighted by Gasteiger charge is 2.20. The Hall–Kier alpha value is -2.04. The van der Waals surface area contributed by atoms with Crippen molar-refractivity contribution in [2.24, 2.45) is 0 Å². The third-order valence-corrected chi connectivity index (χ3v) is 2.84. The largest absolute Gasteiger partial charge is 0.469 e. The van der Waals surface area contributed by atoms with Gasteiger partial charge in [0.15, 0.2) is 0 Å². The number of ether oxygens (including phenoxy) is 2. The number of nitrogens with zero attached hydrogens (tertiary/aromatic N) is 1. The predicted octanol–water partition coefficient (Wildman–Crippen LogP) is 2.21. The number of amides is 1. The van der Waals surface area contributed by atoms with Crippen molar-refractivity contribution in [1.82, 2.24) is 4.90 Å². The van der Waals surface area contributed by atoms with Crippen molar-refractivity contribution in [3.8, 4) is 0 Å². The average molecular weight is 265 g/mol. The molecule has 1 rings (SSSR count). The van der Waals surface area contributed by atoms with Gasteiger partial charge in [-0.1, -0.05) is 30.3 Å². The molecule has 0 heterocycles. The molecule has 0 radical (unpaired) electrons. The van der Waals surface area contributed by atoms with Gasteiger partial charge in [0.1, 0.15) is 6.61 Å². The van der Waals surface area contributed by atoms with Gasteiger partial charge in [-0.15, -0.1) is 0 Å². The van der Waals surface area contributed by atoms with Gasteiger partial charge in [0.25, 0.3) is 0 Å². The van der Waals surface area contributed by atoms with Crippen LogP contribution >= 0.6 is 0 Å². The maximum Gasteiger partial charge on any atom is 0.410 e. The number of hydrogen-bond donors (Lipinski definition) is 0. The molecule has 0 bridgehead atoms. The van der Waals surface area contributed by atoms with Crippen LogP contribution in [0.4, 0.5) is 4.79 Å². The standard InChI is InChI=1S/C14H19NO4/c1-11(9-13(16)18-3)15(2)14(17)19-10-12-7-5-4-6-8-12/h4-8,11H,9-10H2,1-3H3. The summed E-state index contributed by atoms with van der Waals surface area (Å²) in [6.07, 6.45) is -0.312. The lowest BCUT2D eigenvalue weighted by atomic mass is 10.2. The van der Waals surface area contributed by atoms with Crippen LogP contribution in [-0.2, 0) is 20.9 Å². The highest BCUT2D eigenvalue weighted by Crippen LogP contribution is 2.07. The van der Waals surface area contributed by atoms with E-state index in [-0.39, 0.29) is 25.0 Å². The first-order valence-electron chi connectivity index (χ1n) is 6.05. The summed E-state index contributed by atoms with van der Waals surface area (Å²) in [5, 5.41) is 0. The Morgan fingerprint density at radius 3 is 2.47 bits per heavy atom. The van der Waals surface area contributed by atoms with Gasteiger partial charge >= 0.3 is 12.1 Å². The second-order valence-electron chi connectivity index (χ2n) is 4.28. The minimum Gasteiger partial charge on any atom is -0.469 e. The molecular formula is C14H19NO4. The lowest BCUT2D eigenvalue weighted by Gasteiger charge is -2.23. The van der Waals surface area contributed by atoms with E-state index in [4.69, 9.17) is 4.74 Å². The lowest BCUT2D eigenvalue weighted by molar-refractivity contribution is -0.141. The normalized spacial score (nSPS) is 11.5. The highest BCUT2D eigenvalue weighted by molar-refractivity contribution is 5.72. The molecule has 104 valence electrons. The van der Waals surface area contributed by atoms with Crippen LogP contribution in [0.3, 0.4) is 0 Å². The molecule has 0 spiro atoms. The van der Waals surface area contributed by atoms with E-state index in [1.54, 1.807) is 14.0 Å². The van der Waals surface area contributed by atoms with Crippen molar-refractivity contribution in [3.63, 3.8) is 0 Å². The van der Waals surface area contributed by atoms with Crippen molar-refractivity contribution in [2.45, 2.75) is 26.0 Å². The van der Waals surface area contributed by atoms with Gasteiger partial charge in [-0.2, -0.15) is 0 Å². The van der Waals surface area contributed by atoms with E-state index >= 15 is 0 Å². The Kier molecular flexibility index (Phi) is 5.85. The first-order valence-corrected chi connectivity index (χ1v) is 6.05. The highest BCUT2D eigenvalue weighted by atomic mass is 16.6.